The van der Waals surface area contributed by atoms with Crippen molar-refractivity contribution in [3.63, 3.8) is 0 Å². The predicted octanol–water partition coefficient (Wildman–Crippen LogP) is 6.08. The van der Waals surface area contributed by atoms with E-state index in [1.54, 1.807) is 6.92 Å². The topological polar surface area (TPSA) is 150 Å². The molecular formula is C32H30O12. The summed E-state index contributed by atoms with van der Waals surface area (Å²) in [6, 6.07) is 17.2. The minimum Gasteiger partial charge on any atom is -0.463 e. The molecule has 0 atom stereocenters. The summed E-state index contributed by atoms with van der Waals surface area (Å²) in [6.07, 6.45) is 1.24. The summed E-state index contributed by atoms with van der Waals surface area (Å²) in [5.74, 6) is -0.983. The van der Waals surface area contributed by atoms with E-state index in [0.717, 1.165) is 6.08 Å². The summed E-state index contributed by atoms with van der Waals surface area (Å²) in [6.45, 7) is 5.53. The summed E-state index contributed by atoms with van der Waals surface area (Å²) in [5, 5.41) is 0. The van der Waals surface area contributed by atoms with Gasteiger partial charge in [0.2, 0.25) is 0 Å². The lowest BCUT2D eigenvalue weighted by atomic mass is 10.2. The molecule has 12 heteroatoms. The first-order chi connectivity index (χ1) is 21.3. The van der Waals surface area contributed by atoms with Gasteiger partial charge in [-0.15, -0.1) is 0 Å². The number of rotatable bonds is 14. The lowest BCUT2D eigenvalue weighted by Gasteiger charge is -2.08. The van der Waals surface area contributed by atoms with E-state index in [-0.39, 0.29) is 53.9 Å². The molecule has 3 aromatic rings. The normalized spacial score (nSPS) is 10.1. The maximum atomic E-state index is 12.5. The predicted molar refractivity (Wildman–Crippen MR) is 154 cm³/mol. The second-order valence-electron chi connectivity index (χ2n) is 8.72. The average molecular weight is 607 g/mol. The number of carbonyl (C=O) groups excluding carboxylic acids is 5. The van der Waals surface area contributed by atoms with Gasteiger partial charge in [0.25, 0.3) is 0 Å². The van der Waals surface area contributed by atoms with Crippen LogP contribution in [0.5, 0.6) is 23.0 Å². The number of carbonyl (C=O) groups is 5. The van der Waals surface area contributed by atoms with Crippen LogP contribution in [0.2, 0.25) is 0 Å². The van der Waals surface area contributed by atoms with Crippen molar-refractivity contribution in [2.75, 3.05) is 19.8 Å². The maximum Gasteiger partial charge on any atom is 0.513 e. The second-order valence-corrected chi connectivity index (χ2v) is 8.72. The van der Waals surface area contributed by atoms with Crippen molar-refractivity contribution in [1.29, 1.82) is 0 Å². The number of hydrogen-bond donors (Lipinski definition) is 0. The Bertz CT molecular complexity index is 1430. The monoisotopic (exact) mass is 606 g/mol. The van der Waals surface area contributed by atoms with Gasteiger partial charge in [-0.25, -0.2) is 24.0 Å². The fourth-order valence-electron chi connectivity index (χ4n) is 3.36. The van der Waals surface area contributed by atoms with E-state index in [4.69, 9.17) is 33.2 Å². The van der Waals surface area contributed by atoms with E-state index in [2.05, 4.69) is 6.58 Å². The lowest BCUT2D eigenvalue weighted by Crippen LogP contribution is -2.12. The Morgan fingerprint density at radius 1 is 0.545 bits per heavy atom. The molecule has 3 aromatic carbocycles. The van der Waals surface area contributed by atoms with Gasteiger partial charge in [0.05, 0.1) is 30.9 Å². The molecule has 0 aliphatic carbocycles. The van der Waals surface area contributed by atoms with Crippen molar-refractivity contribution in [3.8, 4) is 23.0 Å². The first kappa shape index (κ1) is 32.9. The van der Waals surface area contributed by atoms with Gasteiger partial charge in [-0.3, -0.25) is 0 Å². The molecule has 0 saturated heterocycles. The van der Waals surface area contributed by atoms with Crippen molar-refractivity contribution >= 4 is 30.2 Å². The Hall–Kier alpha value is -5.65. The van der Waals surface area contributed by atoms with Crippen molar-refractivity contribution in [1.82, 2.24) is 0 Å². The van der Waals surface area contributed by atoms with Crippen LogP contribution >= 0.6 is 0 Å². The van der Waals surface area contributed by atoms with Crippen molar-refractivity contribution in [3.05, 3.63) is 96.6 Å². The molecule has 0 aliphatic heterocycles. The Kier molecular flexibility index (Phi) is 12.9. The first-order valence-electron chi connectivity index (χ1n) is 13.5. The third-order valence-corrected chi connectivity index (χ3v) is 5.51. The van der Waals surface area contributed by atoms with Crippen LogP contribution in [0.25, 0.3) is 0 Å². The molecule has 0 fully saturated rings. The number of unbranched alkanes of at least 4 members (excludes halogenated alkanes) is 2. The fraction of sp³-hybridized carbons (Fsp3) is 0.219. The third-order valence-electron chi connectivity index (χ3n) is 5.51. The zero-order valence-electron chi connectivity index (χ0n) is 23.9. The van der Waals surface area contributed by atoms with E-state index < -0.39 is 30.2 Å². The number of benzene rings is 3. The standard InChI is InChI=1S/C32H30O12/c1-3-28(33)39-20-6-5-7-21-40-32(37)44-27-14-10-23(11-15-27)30(35)42-25-18-16-24(17-19-25)41-29(34)22-8-12-26(13-9-22)43-31(36)38-4-2/h3,8-19H,1,4-7,20-21H2,2H3. The Labute approximate surface area is 253 Å². The molecule has 0 bridgehead atoms. The molecule has 0 aliphatic rings. The smallest absolute Gasteiger partial charge is 0.463 e. The fourth-order valence-corrected chi connectivity index (χ4v) is 3.36. The molecule has 0 radical (unpaired) electrons. The van der Waals surface area contributed by atoms with Crippen molar-refractivity contribution in [2.45, 2.75) is 26.2 Å². The molecule has 0 amide bonds. The van der Waals surface area contributed by atoms with Gasteiger partial charge in [0.15, 0.2) is 0 Å². The van der Waals surface area contributed by atoms with Crippen LogP contribution < -0.4 is 18.9 Å². The van der Waals surface area contributed by atoms with Crippen LogP contribution in [-0.2, 0) is 19.0 Å². The molecule has 230 valence electrons. The zero-order chi connectivity index (χ0) is 31.7. The van der Waals surface area contributed by atoms with Gasteiger partial charge < -0.3 is 33.2 Å². The Morgan fingerprint density at radius 3 is 1.36 bits per heavy atom. The molecule has 0 saturated carbocycles. The van der Waals surface area contributed by atoms with Gasteiger partial charge >= 0.3 is 30.2 Å². The van der Waals surface area contributed by atoms with Crippen LogP contribution in [0, 0.1) is 0 Å². The zero-order valence-corrected chi connectivity index (χ0v) is 23.9. The Balaban J connectivity index is 1.39. The van der Waals surface area contributed by atoms with E-state index in [0.29, 0.717) is 19.3 Å². The molecule has 0 N–H and O–H groups in total. The molecule has 0 heterocycles. The van der Waals surface area contributed by atoms with Gasteiger partial charge in [-0.05, 0) is 99.0 Å². The average Bonchev–Trinajstić information content (AvgIpc) is 3.02. The minimum absolute atomic E-state index is 0.137. The summed E-state index contributed by atoms with van der Waals surface area (Å²) < 4.78 is 35.3. The van der Waals surface area contributed by atoms with E-state index in [9.17, 15) is 24.0 Å². The van der Waals surface area contributed by atoms with Crippen LogP contribution in [0.15, 0.2) is 85.5 Å². The second kappa shape index (κ2) is 17.3. The highest BCUT2D eigenvalue weighted by Crippen LogP contribution is 2.21. The van der Waals surface area contributed by atoms with Gasteiger partial charge in [-0.2, -0.15) is 0 Å². The van der Waals surface area contributed by atoms with Crippen molar-refractivity contribution in [2.24, 2.45) is 0 Å². The van der Waals surface area contributed by atoms with E-state index in [1.807, 2.05) is 0 Å². The molecule has 0 aromatic heterocycles. The molecule has 44 heavy (non-hydrogen) atoms. The number of ether oxygens (including phenoxy) is 7. The van der Waals surface area contributed by atoms with Gasteiger partial charge in [0.1, 0.15) is 23.0 Å². The minimum atomic E-state index is -0.890. The van der Waals surface area contributed by atoms with Crippen LogP contribution in [0.1, 0.15) is 46.9 Å². The summed E-state index contributed by atoms with van der Waals surface area (Å²) in [4.78, 5) is 59.1. The molecular weight excluding hydrogens is 576 g/mol. The number of hydrogen-bond acceptors (Lipinski definition) is 12. The highest BCUT2D eigenvalue weighted by atomic mass is 16.7. The largest absolute Gasteiger partial charge is 0.513 e. The lowest BCUT2D eigenvalue weighted by molar-refractivity contribution is -0.137. The highest BCUT2D eigenvalue weighted by molar-refractivity contribution is 5.92. The summed E-state index contributed by atoms with van der Waals surface area (Å²) in [7, 11) is 0. The van der Waals surface area contributed by atoms with E-state index in [1.165, 1.54) is 72.8 Å². The Morgan fingerprint density at radius 2 is 0.932 bits per heavy atom. The molecule has 0 unspecified atom stereocenters. The van der Waals surface area contributed by atoms with E-state index >= 15 is 0 Å². The number of esters is 3. The van der Waals surface area contributed by atoms with Crippen LogP contribution in [-0.4, -0.2) is 50.0 Å². The van der Waals surface area contributed by atoms with Gasteiger partial charge in [0, 0.05) is 6.08 Å². The highest BCUT2D eigenvalue weighted by Gasteiger charge is 2.13. The quantitative estimate of drug-likeness (QED) is 0.0523. The molecule has 0 spiro atoms. The molecule has 3 rings (SSSR count). The first-order valence-corrected chi connectivity index (χ1v) is 13.5. The molecule has 12 nitrogen and oxygen atoms in total. The van der Waals surface area contributed by atoms with Crippen molar-refractivity contribution < 1.29 is 57.1 Å². The SMILES string of the molecule is C=CC(=O)OCCCCCOC(=O)Oc1ccc(C(=O)Oc2ccc(OC(=O)c3ccc(OC(=O)OCC)cc3)cc2)cc1. The van der Waals surface area contributed by atoms with Crippen LogP contribution in [0.4, 0.5) is 9.59 Å². The summed E-state index contributed by atoms with van der Waals surface area (Å²) in [5.41, 5.74) is 0.423. The van der Waals surface area contributed by atoms with Gasteiger partial charge in [-0.1, -0.05) is 6.58 Å². The third kappa shape index (κ3) is 11.3. The maximum absolute atomic E-state index is 12.5. The van der Waals surface area contributed by atoms with Crippen LogP contribution in [0.3, 0.4) is 0 Å². The summed E-state index contributed by atoms with van der Waals surface area (Å²) >= 11 is 0.